The van der Waals surface area contributed by atoms with Crippen LogP contribution >= 0.6 is 23.2 Å². The van der Waals surface area contributed by atoms with Crippen molar-refractivity contribution in [3.63, 3.8) is 0 Å². The van der Waals surface area contributed by atoms with E-state index in [1.54, 1.807) is 30.0 Å². The standard InChI is InChI=1S/C22H26Cl2N2O2/c1-4-15(2)25-22(28)16(3)26(14-17-9-11-19(23)12-10-17)21(27)13-18-7-5-6-8-20(18)24/h5-12,15-16H,4,13-14H2,1-3H3,(H,25,28)/t15-,16+/m1/s1. The van der Waals surface area contributed by atoms with Crippen LogP contribution in [0.1, 0.15) is 38.3 Å². The Hall–Kier alpha value is -2.04. The average Bonchev–Trinajstić information content (AvgIpc) is 2.68. The molecule has 2 aromatic rings. The van der Waals surface area contributed by atoms with E-state index in [2.05, 4.69) is 5.32 Å². The second-order valence-electron chi connectivity index (χ2n) is 6.91. The summed E-state index contributed by atoms with van der Waals surface area (Å²) in [6.45, 7) is 6.01. The van der Waals surface area contributed by atoms with Crippen molar-refractivity contribution in [1.82, 2.24) is 10.2 Å². The lowest BCUT2D eigenvalue weighted by Gasteiger charge is -2.30. The summed E-state index contributed by atoms with van der Waals surface area (Å²) in [5, 5.41) is 4.12. The first-order chi connectivity index (χ1) is 13.3. The first-order valence-electron chi connectivity index (χ1n) is 9.39. The highest BCUT2D eigenvalue weighted by Gasteiger charge is 2.27. The molecule has 0 saturated heterocycles. The van der Waals surface area contributed by atoms with Crippen molar-refractivity contribution in [3.8, 4) is 0 Å². The number of halogens is 2. The fraction of sp³-hybridized carbons (Fsp3) is 0.364. The van der Waals surface area contributed by atoms with E-state index in [0.717, 1.165) is 17.5 Å². The van der Waals surface area contributed by atoms with Gasteiger partial charge in [0.25, 0.3) is 0 Å². The molecule has 150 valence electrons. The van der Waals surface area contributed by atoms with Crippen LogP contribution in [0.25, 0.3) is 0 Å². The van der Waals surface area contributed by atoms with Gasteiger partial charge in [0.2, 0.25) is 11.8 Å². The van der Waals surface area contributed by atoms with Gasteiger partial charge >= 0.3 is 0 Å². The zero-order chi connectivity index (χ0) is 20.7. The van der Waals surface area contributed by atoms with Crippen LogP contribution in [0.2, 0.25) is 10.0 Å². The summed E-state index contributed by atoms with van der Waals surface area (Å²) in [4.78, 5) is 27.4. The van der Waals surface area contributed by atoms with Gasteiger partial charge in [0.1, 0.15) is 6.04 Å². The minimum Gasteiger partial charge on any atom is -0.352 e. The highest BCUT2D eigenvalue weighted by atomic mass is 35.5. The second-order valence-corrected chi connectivity index (χ2v) is 7.75. The molecule has 0 unspecified atom stereocenters. The Kier molecular flexibility index (Phi) is 8.34. The Labute approximate surface area is 176 Å². The summed E-state index contributed by atoms with van der Waals surface area (Å²) in [7, 11) is 0. The van der Waals surface area contributed by atoms with Gasteiger partial charge in [-0.15, -0.1) is 0 Å². The second kappa shape index (κ2) is 10.5. The van der Waals surface area contributed by atoms with E-state index < -0.39 is 6.04 Å². The van der Waals surface area contributed by atoms with E-state index >= 15 is 0 Å². The zero-order valence-electron chi connectivity index (χ0n) is 16.4. The summed E-state index contributed by atoms with van der Waals surface area (Å²) in [6, 6.07) is 14.0. The van der Waals surface area contributed by atoms with E-state index in [9.17, 15) is 9.59 Å². The minimum absolute atomic E-state index is 0.0472. The summed E-state index contributed by atoms with van der Waals surface area (Å²) in [6.07, 6.45) is 0.956. The normalized spacial score (nSPS) is 12.9. The molecule has 0 heterocycles. The third-order valence-corrected chi connectivity index (χ3v) is 5.35. The lowest BCUT2D eigenvalue weighted by molar-refractivity contribution is -0.140. The highest BCUT2D eigenvalue weighted by molar-refractivity contribution is 6.31. The fourth-order valence-electron chi connectivity index (χ4n) is 2.74. The molecule has 0 aromatic heterocycles. The molecule has 0 spiro atoms. The molecule has 2 aromatic carbocycles. The smallest absolute Gasteiger partial charge is 0.242 e. The molecule has 0 bridgehead atoms. The molecule has 2 amide bonds. The third-order valence-electron chi connectivity index (χ3n) is 4.73. The number of amides is 2. The molecule has 4 nitrogen and oxygen atoms in total. The van der Waals surface area contributed by atoms with Crippen LogP contribution < -0.4 is 5.32 Å². The van der Waals surface area contributed by atoms with Crippen molar-refractivity contribution < 1.29 is 9.59 Å². The number of nitrogens with one attached hydrogen (secondary N) is 1. The molecule has 28 heavy (non-hydrogen) atoms. The Balaban J connectivity index is 2.23. The van der Waals surface area contributed by atoms with Crippen LogP contribution in [0.4, 0.5) is 0 Å². The van der Waals surface area contributed by atoms with Gasteiger partial charge in [-0.1, -0.05) is 60.5 Å². The van der Waals surface area contributed by atoms with Crippen LogP contribution in [0.15, 0.2) is 48.5 Å². The number of rotatable bonds is 8. The van der Waals surface area contributed by atoms with E-state index in [1.165, 1.54) is 0 Å². The molecular formula is C22H26Cl2N2O2. The Morgan fingerprint density at radius 3 is 2.29 bits per heavy atom. The summed E-state index contributed by atoms with van der Waals surface area (Å²) < 4.78 is 0. The van der Waals surface area contributed by atoms with E-state index in [1.807, 2.05) is 44.2 Å². The minimum atomic E-state index is -0.611. The first-order valence-corrected chi connectivity index (χ1v) is 10.1. The van der Waals surface area contributed by atoms with Gasteiger partial charge in [-0.2, -0.15) is 0 Å². The van der Waals surface area contributed by atoms with Crippen LogP contribution in [0, 0.1) is 0 Å². The molecule has 0 saturated carbocycles. The fourth-order valence-corrected chi connectivity index (χ4v) is 3.07. The monoisotopic (exact) mass is 420 g/mol. The first kappa shape index (κ1) is 22.3. The number of carbonyl (C=O) groups excluding carboxylic acids is 2. The number of nitrogens with zero attached hydrogens (tertiary/aromatic N) is 1. The quantitative estimate of drug-likeness (QED) is 0.661. The number of carbonyl (C=O) groups is 2. The number of hydrogen-bond donors (Lipinski definition) is 1. The molecular weight excluding hydrogens is 395 g/mol. The topological polar surface area (TPSA) is 49.4 Å². The number of hydrogen-bond acceptors (Lipinski definition) is 2. The van der Waals surface area contributed by atoms with Crippen molar-refractivity contribution in [1.29, 1.82) is 0 Å². The Morgan fingerprint density at radius 2 is 1.68 bits per heavy atom. The SMILES string of the molecule is CC[C@@H](C)NC(=O)[C@H](C)N(Cc1ccc(Cl)cc1)C(=O)Cc1ccccc1Cl. The van der Waals surface area contributed by atoms with Crippen LogP contribution in [0.3, 0.4) is 0 Å². The zero-order valence-corrected chi connectivity index (χ0v) is 17.9. The Morgan fingerprint density at radius 1 is 1.04 bits per heavy atom. The molecule has 0 radical (unpaired) electrons. The van der Waals surface area contributed by atoms with Gasteiger partial charge in [0.05, 0.1) is 6.42 Å². The molecule has 1 N–H and O–H groups in total. The largest absolute Gasteiger partial charge is 0.352 e. The summed E-state index contributed by atoms with van der Waals surface area (Å²) >= 11 is 12.2. The summed E-state index contributed by atoms with van der Waals surface area (Å²) in [5.74, 6) is -0.328. The van der Waals surface area contributed by atoms with Crippen molar-refractivity contribution in [3.05, 3.63) is 69.7 Å². The molecule has 0 aliphatic carbocycles. The molecule has 2 atom stereocenters. The van der Waals surface area contributed by atoms with Gasteiger partial charge in [0.15, 0.2) is 0 Å². The third kappa shape index (κ3) is 6.25. The van der Waals surface area contributed by atoms with Gasteiger partial charge in [0, 0.05) is 22.6 Å². The van der Waals surface area contributed by atoms with Gasteiger partial charge < -0.3 is 10.2 Å². The lowest BCUT2D eigenvalue weighted by atomic mass is 10.1. The van der Waals surface area contributed by atoms with Crippen molar-refractivity contribution in [2.75, 3.05) is 0 Å². The van der Waals surface area contributed by atoms with Crippen molar-refractivity contribution in [2.45, 2.75) is 52.2 Å². The lowest BCUT2D eigenvalue weighted by Crippen LogP contribution is -2.49. The average molecular weight is 421 g/mol. The number of benzene rings is 2. The summed E-state index contributed by atoms with van der Waals surface area (Å²) in [5.41, 5.74) is 1.64. The maximum absolute atomic E-state index is 13.1. The molecule has 2 rings (SSSR count). The van der Waals surface area contributed by atoms with Gasteiger partial charge in [-0.25, -0.2) is 0 Å². The van der Waals surface area contributed by atoms with E-state index in [4.69, 9.17) is 23.2 Å². The maximum atomic E-state index is 13.1. The van der Waals surface area contributed by atoms with Crippen LogP contribution in [-0.4, -0.2) is 28.8 Å². The predicted molar refractivity (Wildman–Crippen MR) is 115 cm³/mol. The predicted octanol–water partition coefficient (Wildman–Crippen LogP) is 4.87. The van der Waals surface area contributed by atoms with Crippen molar-refractivity contribution in [2.24, 2.45) is 0 Å². The molecule has 0 aliphatic rings. The van der Waals surface area contributed by atoms with Gasteiger partial charge in [-0.3, -0.25) is 9.59 Å². The van der Waals surface area contributed by atoms with E-state index in [0.29, 0.717) is 16.6 Å². The van der Waals surface area contributed by atoms with Crippen molar-refractivity contribution >= 4 is 35.0 Å². The molecule has 0 fully saturated rings. The van der Waals surface area contributed by atoms with Crippen LogP contribution in [0.5, 0.6) is 0 Å². The highest BCUT2D eigenvalue weighted by Crippen LogP contribution is 2.19. The molecule has 0 aliphatic heterocycles. The van der Waals surface area contributed by atoms with Gasteiger partial charge in [-0.05, 0) is 49.6 Å². The maximum Gasteiger partial charge on any atom is 0.242 e. The Bertz CT molecular complexity index is 808. The van der Waals surface area contributed by atoms with Crippen LogP contribution in [-0.2, 0) is 22.6 Å². The molecule has 6 heteroatoms. The van der Waals surface area contributed by atoms with E-state index in [-0.39, 0.29) is 24.3 Å².